The van der Waals surface area contributed by atoms with Crippen LogP contribution in [0.4, 0.5) is 16.2 Å². The second-order valence-corrected chi connectivity index (χ2v) is 11.1. The zero-order chi connectivity index (χ0) is 31.2. The van der Waals surface area contributed by atoms with E-state index in [9.17, 15) is 19.2 Å². The number of nitrogens with one attached hydrogen (secondary N) is 2. The molecule has 5 rings (SSSR count). The molecule has 1 fully saturated rings. The third-order valence-corrected chi connectivity index (χ3v) is 7.63. The van der Waals surface area contributed by atoms with Gasteiger partial charge in [0.05, 0.1) is 20.2 Å². The monoisotopic (exact) mass is 693 g/mol. The minimum atomic E-state index is -0.862. The summed E-state index contributed by atoms with van der Waals surface area (Å²) in [5, 5.41) is 5.54. The molecule has 9 nitrogen and oxygen atoms in total. The third kappa shape index (κ3) is 7.46. The lowest BCUT2D eigenvalue weighted by atomic mass is 10.1. The summed E-state index contributed by atoms with van der Waals surface area (Å²) in [6.45, 7) is 0.0589. The van der Waals surface area contributed by atoms with Crippen molar-refractivity contribution in [3.05, 3.63) is 122 Å². The van der Waals surface area contributed by atoms with Crippen LogP contribution in [0, 0.1) is 0 Å². The van der Waals surface area contributed by atoms with Crippen molar-refractivity contribution < 1.29 is 28.7 Å². The normalized spacial score (nSPS) is 13.9. The fourth-order valence-electron chi connectivity index (χ4n) is 4.13. The van der Waals surface area contributed by atoms with Crippen molar-refractivity contribution in [2.45, 2.75) is 6.61 Å². The number of benzene rings is 4. The molecule has 222 valence electrons. The number of hydrogen-bond donors (Lipinski definition) is 2. The van der Waals surface area contributed by atoms with Crippen molar-refractivity contribution in [2.24, 2.45) is 0 Å². The molecule has 0 unspecified atom stereocenters. The molecule has 0 saturated carbocycles. The summed E-state index contributed by atoms with van der Waals surface area (Å²) in [5.74, 6) is -1.14. The summed E-state index contributed by atoms with van der Waals surface area (Å²) < 4.78 is 11.9. The van der Waals surface area contributed by atoms with Gasteiger partial charge in [-0.2, -0.15) is 0 Å². The van der Waals surface area contributed by atoms with Crippen molar-refractivity contribution in [2.75, 3.05) is 16.8 Å². The van der Waals surface area contributed by atoms with Gasteiger partial charge in [-0.3, -0.25) is 19.7 Å². The SMILES string of the molecule is O=C(COc1ccc(/C=C2/C(=O)NC(=O)N(c3ccc(OCc4ccccc4)cc3)C2=O)cc1Br)Nc1ccc(Cl)c(Cl)c1. The molecule has 44 heavy (non-hydrogen) atoms. The molecule has 0 radical (unpaired) electrons. The molecule has 4 aromatic carbocycles. The van der Waals surface area contributed by atoms with Crippen LogP contribution in [-0.2, 0) is 21.0 Å². The van der Waals surface area contributed by atoms with Crippen molar-refractivity contribution in [1.29, 1.82) is 0 Å². The van der Waals surface area contributed by atoms with Crippen LogP contribution in [-0.4, -0.2) is 30.4 Å². The van der Waals surface area contributed by atoms with E-state index in [0.29, 0.717) is 43.9 Å². The maximum absolute atomic E-state index is 13.3. The van der Waals surface area contributed by atoms with Gasteiger partial charge in [0.15, 0.2) is 6.61 Å². The number of imide groups is 2. The Morgan fingerprint density at radius 1 is 0.886 bits per heavy atom. The molecule has 12 heteroatoms. The number of nitrogens with zero attached hydrogens (tertiary/aromatic N) is 1. The Bertz CT molecular complexity index is 1780. The molecule has 1 aliphatic rings. The number of anilines is 2. The standard InChI is InChI=1S/C32H22BrCl2N3O6/c33-25-15-20(6-13-28(25)44-18-29(39)36-21-7-12-26(34)27(35)16-21)14-24-30(40)37-32(42)38(31(24)41)22-8-10-23(11-9-22)43-17-19-4-2-1-3-5-19/h1-16H,17-18H2,(H,36,39)(H,37,40,42)/b24-14-. The van der Waals surface area contributed by atoms with Crippen molar-refractivity contribution in [3.8, 4) is 11.5 Å². The number of carbonyl (C=O) groups is 4. The predicted molar refractivity (Wildman–Crippen MR) is 171 cm³/mol. The number of ether oxygens (including phenoxy) is 2. The first-order chi connectivity index (χ1) is 21.2. The van der Waals surface area contributed by atoms with E-state index < -0.39 is 23.8 Å². The summed E-state index contributed by atoms with van der Waals surface area (Å²) in [4.78, 5) is 51.8. The molecule has 4 aromatic rings. The molecular weight excluding hydrogens is 673 g/mol. The average molecular weight is 695 g/mol. The second-order valence-electron chi connectivity index (χ2n) is 9.38. The number of rotatable bonds is 9. The van der Waals surface area contributed by atoms with Crippen LogP contribution in [0.5, 0.6) is 11.5 Å². The molecule has 1 saturated heterocycles. The van der Waals surface area contributed by atoms with E-state index in [0.717, 1.165) is 10.5 Å². The first-order valence-electron chi connectivity index (χ1n) is 13.0. The molecule has 0 aliphatic carbocycles. The number of urea groups is 1. The van der Waals surface area contributed by atoms with Crippen LogP contribution in [0.15, 0.2) is 101 Å². The van der Waals surface area contributed by atoms with Gasteiger partial charge in [0.2, 0.25) is 0 Å². The van der Waals surface area contributed by atoms with E-state index in [2.05, 4.69) is 26.6 Å². The highest BCUT2D eigenvalue weighted by Crippen LogP contribution is 2.29. The molecular formula is C32H22BrCl2N3O6. The predicted octanol–water partition coefficient (Wildman–Crippen LogP) is 7.02. The Hall–Kier alpha value is -4.64. The number of carbonyl (C=O) groups excluding carboxylic acids is 4. The maximum atomic E-state index is 13.3. The van der Waals surface area contributed by atoms with Crippen LogP contribution in [0.25, 0.3) is 6.08 Å². The van der Waals surface area contributed by atoms with Gasteiger partial charge >= 0.3 is 6.03 Å². The fourth-order valence-corrected chi connectivity index (χ4v) is 4.94. The zero-order valence-corrected chi connectivity index (χ0v) is 25.8. The van der Waals surface area contributed by atoms with Gasteiger partial charge in [-0.05, 0) is 87.7 Å². The van der Waals surface area contributed by atoms with Gasteiger partial charge in [-0.25, -0.2) is 9.69 Å². The van der Waals surface area contributed by atoms with Crippen LogP contribution in [0.1, 0.15) is 11.1 Å². The van der Waals surface area contributed by atoms with E-state index in [4.69, 9.17) is 32.7 Å². The molecule has 0 spiro atoms. The van der Waals surface area contributed by atoms with E-state index in [1.807, 2.05) is 30.3 Å². The quantitative estimate of drug-likeness (QED) is 0.144. The Labute approximate surface area is 270 Å². The molecule has 2 N–H and O–H groups in total. The highest BCUT2D eigenvalue weighted by Gasteiger charge is 2.36. The number of amides is 5. The van der Waals surface area contributed by atoms with Crippen molar-refractivity contribution in [3.63, 3.8) is 0 Å². The van der Waals surface area contributed by atoms with Gasteiger partial charge in [0, 0.05) is 5.69 Å². The minimum absolute atomic E-state index is 0.240. The fraction of sp³-hybridized carbons (Fsp3) is 0.0625. The highest BCUT2D eigenvalue weighted by atomic mass is 79.9. The van der Waals surface area contributed by atoms with Gasteiger partial charge in [0.1, 0.15) is 23.7 Å². The lowest BCUT2D eigenvalue weighted by Gasteiger charge is -2.26. The molecule has 1 aliphatic heterocycles. The lowest BCUT2D eigenvalue weighted by molar-refractivity contribution is -0.122. The number of barbiturate groups is 1. The summed E-state index contributed by atoms with van der Waals surface area (Å²) >= 11 is 15.3. The largest absolute Gasteiger partial charge is 0.489 e. The Balaban J connectivity index is 1.24. The van der Waals surface area contributed by atoms with Gasteiger partial charge in [0.25, 0.3) is 17.7 Å². The minimum Gasteiger partial charge on any atom is -0.489 e. The van der Waals surface area contributed by atoms with Crippen molar-refractivity contribution in [1.82, 2.24) is 5.32 Å². The van der Waals surface area contributed by atoms with Crippen LogP contribution in [0.3, 0.4) is 0 Å². The molecule has 1 heterocycles. The average Bonchev–Trinajstić information content (AvgIpc) is 3.00. The molecule has 5 amide bonds. The van der Waals surface area contributed by atoms with Crippen LogP contribution < -0.4 is 25.0 Å². The van der Waals surface area contributed by atoms with Crippen LogP contribution >= 0.6 is 39.1 Å². The smallest absolute Gasteiger partial charge is 0.335 e. The number of halogens is 3. The second kappa shape index (κ2) is 13.8. The van der Waals surface area contributed by atoms with E-state index >= 15 is 0 Å². The Morgan fingerprint density at radius 2 is 1.64 bits per heavy atom. The first kappa shape index (κ1) is 30.8. The van der Waals surface area contributed by atoms with E-state index in [1.165, 1.54) is 12.1 Å². The molecule has 0 aromatic heterocycles. The third-order valence-electron chi connectivity index (χ3n) is 6.27. The molecule has 0 bridgehead atoms. The van der Waals surface area contributed by atoms with E-state index in [1.54, 1.807) is 54.6 Å². The molecule has 0 atom stereocenters. The zero-order valence-electron chi connectivity index (χ0n) is 22.7. The maximum Gasteiger partial charge on any atom is 0.335 e. The van der Waals surface area contributed by atoms with Crippen molar-refractivity contribution >= 4 is 80.3 Å². The summed E-state index contributed by atoms with van der Waals surface area (Å²) in [5.41, 5.74) is 1.95. The van der Waals surface area contributed by atoms with Gasteiger partial charge in [-0.1, -0.05) is 59.6 Å². The van der Waals surface area contributed by atoms with Gasteiger partial charge < -0.3 is 14.8 Å². The number of hydrogen-bond acceptors (Lipinski definition) is 6. The lowest BCUT2D eigenvalue weighted by Crippen LogP contribution is -2.54. The topological polar surface area (TPSA) is 114 Å². The van der Waals surface area contributed by atoms with E-state index in [-0.39, 0.29) is 17.9 Å². The highest BCUT2D eigenvalue weighted by molar-refractivity contribution is 9.10. The summed E-state index contributed by atoms with van der Waals surface area (Å²) in [6.07, 6.45) is 1.36. The Morgan fingerprint density at radius 3 is 2.34 bits per heavy atom. The first-order valence-corrected chi connectivity index (χ1v) is 14.6. The Kier molecular flexibility index (Phi) is 9.64. The van der Waals surface area contributed by atoms with Crippen LogP contribution in [0.2, 0.25) is 10.0 Å². The van der Waals surface area contributed by atoms with Gasteiger partial charge in [-0.15, -0.1) is 0 Å². The summed E-state index contributed by atoms with van der Waals surface area (Å²) in [7, 11) is 0. The summed E-state index contributed by atoms with van der Waals surface area (Å²) in [6, 6.07) is 24.6.